The van der Waals surface area contributed by atoms with E-state index < -0.39 is 0 Å². The van der Waals surface area contributed by atoms with Gasteiger partial charge in [0.1, 0.15) is 5.82 Å². The highest BCUT2D eigenvalue weighted by molar-refractivity contribution is 5.81. The van der Waals surface area contributed by atoms with E-state index in [0.717, 1.165) is 23.1 Å². The Kier molecular flexibility index (Phi) is 2.74. The maximum Gasteiger partial charge on any atom is 0.117 e. The Labute approximate surface area is 124 Å². The number of nitrogens with two attached hydrogens (primary N) is 1. The number of hydrogen-bond donors (Lipinski definition) is 1. The quantitative estimate of drug-likeness (QED) is 0.734. The first-order chi connectivity index (χ1) is 10.3. The van der Waals surface area contributed by atoms with Crippen molar-refractivity contribution in [2.75, 3.05) is 5.73 Å². The molecule has 1 heterocycles. The number of aryl methyl sites for hydroxylation is 1. The molecule has 0 bridgehead atoms. The number of imidazole rings is 1. The molecule has 0 saturated heterocycles. The second-order valence-corrected chi connectivity index (χ2v) is 5.85. The lowest BCUT2D eigenvalue weighted by Gasteiger charge is -2.09. The van der Waals surface area contributed by atoms with E-state index in [2.05, 4.69) is 41.8 Å². The molecule has 1 aliphatic carbocycles. The zero-order chi connectivity index (χ0) is 14.4. The van der Waals surface area contributed by atoms with Gasteiger partial charge in [0.15, 0.2) is 0 Å². The Morgan fingerprint density at radius 1 is 1.14 bits per heavy atom. The average molecular weight is 277 g/mol. The van der Waals surface area contributed by atoms with Crippen LogP contribution in [0, 0.1) is 0 Å². The number of rotatable bonds is 3. The van der Waals surface area contributed by atoms with Crippen LogP contribution in [0.25, 0.3) is 16.7 Å². The zero-order valence-electron chi connectivity index (χ0n) is 12.2. The molecule has 0 radical (unpaired) electrons. The van der Waals surface area contributed by atoms with Crippen molar-refractivity contribution in [1.82, 2.24) is 9.55 Å². The summed E-state index contributed by atoms with van der Waals surface area (Å²) in [5, 5.41) is 0. The van der Waals surface area contributed by atoms with Crippen LogP contribution in [-0.2, 0) is 6.42 Å². The van der Waals surface area contributed by atoms with Crippen molar-refractivity contribution < 1.29 is 0 Å². The molecule has 3 nitrogen and oxygen atoms in total. The molecule has 1 aliphatic rings. The molecule has 0 unspecified atom stereocenters. The SMILES string of the molecule is CCc1ccc(-n2c(C3CC3)nc3cc(N)ccc32)cc1. The predicted molar refractivity (Wildman–Crippen MR) is 86.8 cm³/mol. The van der Waals surface area contributed by atoms with Gasteiger partial charge in [-0.15, -0.1) is 0 Å². The van der Waals surface area contributed by atoms with Gasteiger partial charge in [-0.25, -0.2) is 4.98 Å². The lowest BCUT2D eigenvalue weighted by Crippen LogP contribution is -2.00. The highest BCUT2D eigenvalue weighted by Crippen LogP contribution is 2.42. The molecular formula is C18H19N3. The second kappa shape index (κ2) is 4.62. The molecule has 0 aliphatic heterocycles. The highest BCUT2D eigenvalue weighted by atomic mass is 15.1. The standard InChI is InChI=1S/C18H19N3/c1-2-12-3-8-15(9-4-12)21-17-10-7-14(19)11-16(17)20-18(21)13-5-6-13/h3-4,7-11,13H,2,5-6,19H2,1H3. The minimum Gasteiger partial charge on any atom is -0.399 e. The van der Waals surface area contributed by atoms with Crippen LogP contribution in [0.5, 0.6) is 0 Å². The number of benzene rings is 2. The summed E-state index contributed by atoms with van der Waals surface area (Å²) < 4.78 is 2.30. The number of anilines is 1. The molecule has 4 rings (SSSR count). The van der Waals surface area contributed by atoms with E-state index in [1.165, 1.54) is 29.9 Å². The molecular weight excluding hydrogens is 258 g/mol. The third-order valence-corrected chi connectivity index (χ3v) is 4.25. The topological polar surface area (TPSA) is 43.8 Å². The molecule has 1 saturated carbocycles. The number of aromatic nitrogens is 2. The van der Waals surface area contributed by atoms with Gasteiger partial charge in [0.2, 0.25) is 0 Å². The van der Waals surface area contributed by atoms with Crippen molar-refractivity contribution in [3.05, 3.63) is 53.9 Å². The van der Waals surface area contributed by atoms with E-state index >= 15 is 0 Å². The summed E-state index contributed by atoms with van der Waals surface area (Å²) in [7, 11) is 0. The molecule has 3 heteroatoms. The van der Waals surface area contributed by atoms with Crippen molar-refractivity contribution in [2.45, 2.75) is 32.1 Å². The highest BCUT2D eigenvalue weighted by Gasteiger charge is 2.30. The molecule has 0 amide bonds. The fourth-order valence-corrected chi connectivity index (χ4v) is 2.88. The van der Waals surface area contributed by atoms with Crippen molar-refractivity contribution >= 4 is 16.7 Å². The molecule has 0 atom stereocenters. The van der Waals surface area contributed by atoms with Gasteiger partial charge in [-0.05, 0) is 55.2 Å². The van der Waals surface area contributed by atoms with Gasteiger partial charge >= 0.3 is 0 Å². The fraction of sp³-hybridized carbons (Fsp3) is 0.278. The molecule has 2 aromatic carbocycles. The summed E-state index contributed by atoms with van der Waals surface area (Å²) in [5.41, 5.74) is 11.4. The average Bonchev–Trinajstić information content (AvgIpc) is 3.28. The summed E-state index contributed by atoms with van der Waals surface area (Å²) in [5.74, 6) is 1.78. The smallest absolute Gasteiger partial charge is 0.117 e. The van der Waals surface area contributed by atoms with Crippen LogP contribution in [0.3, 0.4) is 0 Å². The van der Waals surface area contributed by atoms with Crippen molar-refractivity contribution in [3.63, 3.8) is 0 Å². The van der Waals surface area contributed by atoms with E-state index in [0.29, 0.717) is 5.92 Å². The third kappa shape index (κ3) is 2.09. The Morgan fingerprint density at radius 3 is 2.57 bits per heavy atom. The van der Waals surface area contributed by atoms with Crippen LogP contribution < -0.4 is 5.73 Å². The Hall–Kier alpha value is -2.29. The van der Waals surface area contributed by atoms with E-state index in [4.69, 9.17) is 10.7 Å². The maximum absolute atomic E-state index is 5.90. The number of fused-ring (bicyclic) bond motifs is 1. The Morgan fingerprint density at radius 2 is 1.90 bits per heavy atom. The van der Waals surface area contributed by atoms with Crippen LogP contribution in [0.4, 0.5) is 5.69 Å². The summed E-state index contributed by atoms with van der Waals surface area (Å²) in [4.78, 5) is 4.84. The van der Waals surface area contributed by atoms with E-state index in [9.17, 15) is 0 Å². The van der Waals surface area contributed by atoms with Gasteiger partial charge in [-0.2, -0.15) is 0 Å². The molecule has 21 heavy (non-hydrogen) atoms. The van der Waals surface area contributed by atoms with Gasteiger partial charge in [0.25, 0.3) is 0 Å². The van der Waals surface area contributed by atoms with Crippen molar-refractivity contribution in [3.8, 4) is 5.69 Å². The first-order valence-corrected chi connectivity index (χ1v) is 7.63. The first kappa shape index (κ1) is 12.5. The van der Waals surface area contributed by atoms with E-state index in [-0.39, 0.29) is 0 Å². The fourth-order valence-electron chi connectivity index (χ4n) is 2.88. The van der Waals surface area contributed by atoms with Crippen LogP contribution in [0.1, 0.15) is 37.1 Å². The lowest BCUT2D eigenvalue weighted by atomic mass is 10.1. The van der Waals surface area contributed by atoms with Crippen LogP contribution in [-0.4, -0.2) is 9.55 Å². The van der Waals surface area contributed by atoms with E-state index in [1.54, 1.807) is 0 Å². The minimum absolute atomic E-state index is 0.601. The van der Waals surface area contributed by atoms with Gasteiger partial charge in [-0.1, -0.05) is 19.1 Å². The monoisotopic (exact) mass is 277 g/mol. The van der Waals surface area contributed by atoms with Gasteiger partial charge in [0, 0.05) is 17.3 Å². The second-order valence-electron chi connectivity index (χ2n) is 5.85. The van der Waals surface area contributed by atoms with Crippen LogP contribution in [0.2, 0.25) is 0 Å². The summed E-state index contributed by atoms with van der Waals surface area (Å²) in [6.45, 7) is 2.18. The van der Waals surface area contributed by atoms with Crippen LogP contribution in [0.15, 0.2) is 42.5 Å². The van der Waals surface area contributed by atoms with E-state index in [1.807, 2.05) is 12.1 Å². The maximum atomic E-state index is 5.90. The summed E-state index contributed by atoms with van der Waals surface area (Å²) >= 11 is 0. The largest absolute Gasteiger partial charge is 0.399 e. The normalized spacial score (nSPS) is 14.7. The van der Waals surface area contributed by atoms with Crippen molar-refractivity contribution in [1.29, 1.82) is 0 Å². The minimum atomic E-state index is 0.601. The first-order valence-electron chi connectivity index (χ1n) is 7.63. The van der Waals surface area contributed by atoms with Gasteiger partial charge in [0.05, 0.1) is 11.0 Å². The van der Waals surface area contributed by atoms with Gasteiger partial charge in [-0.3, -0.25) is 4.57 Å². The molecule has 1 aromatic heterocycles. The molecule has 0 spiro atoms. The van der Waals surface area contributed by atoms with Crippen LogP contribution >= 0.6 is 0 Å². The Bertz CT molecular complexity index is 795. The Balaban J connectivity index is 1.94. The summed E-state index contributed by atoms with van der Waals surface area (Å²) in [6.07, 6.45) is 3.55. The zero-order valence-corrected chi connectivity index (χ0v) is 12.2. The lowest BCUT2D eigenvalue weighted by molar-refractivity contribution is 0.895. The molecule has 106 valence electrons. The predicted octanol–water partition coefficient (Wildman–Crippen LogP) is 4.05. The number of hydrogen-bond acceptors (Lipinski definition) is 2. The third-order valence-electron chi connectivity index (χ3n) is 4.25. The number of nitrogens with zero attached hydrogens (tertiary/aromatic N) is 2. The molecule has 1 fully saturated rings. The molecule has 2 N–H and O–H groups in total. The number of nitrogen functional groups attached to an aromatic ring is 1. The van der Waals surface area contributed by atoms with Crippen molar-refractivity contribution in [2.24, 2.45) is 0 Å². The summed E-state index contributed by atoms with van der Waals surface area (Å²) in [6, 6.07) is 14.8. The molecule has 3 aromatic rings. The van der Waals surface area contributed by atoms with Gasteiger partial charge < -0.3 is 5.73 Å².